The number of ether oxygens (including phenoxy) is 1. The highest BCUT2D eigenvalue weighted by Gasteiger charge is 2.13. The van der Waals surface area contributed by atoms with Gasteiger partial charge >= 0.3 is 5.97 Å². The van der Waals surface area contributed by atoms with E-state index in [-0.39, 0.29) is 0 Å². The molecule has 0 aromatic heterocycles. The highest BCUT2D eigenvalue weighted by molar-refractivity contribution is 14.1. The van der Waals surface area contributed by atoms with Crippen molar-refractivity contribution in [1.29, 1.82) is 0 Å². The Bertz CT molecular complexity index is 1130. The minimum atomic E-state index is -0.436. The minimum Gasteiger partial charge on any atom is -0.423 e. The highest BCUT2D eigenvalue weighted by atomic mass is 127. The van der Waals surface area contributed by atoms with E-state index in [1.54, 1.807) is 48.5 Å². The van der Waals surface area contributed by atoms with Crippen molar-refractivity contribution >= 4 is 78.2 Å². The Morgan fingerprint density at radius 2 is 1.73 bits per heavy atom. The number of hydrogen-bond donors (Lipinski definition) is 2. The van der Waals surface area contributed by atoms with Gasteiger partial charge in [0, 0.05) is 12.5 Å². The standard InChI is InChI=1S/C21H14Br2IN3O3/c22-13-9-16(19(25)17(23)10-13)20(28)27-26-11-12-5-7-14(8-6-12)30-21(29)15-3-1-2-4-18(15)24/h1-11H,25H2,(H,27,28). The Kier molecular flexibility index (Phi) is 7.62. The molecule has 3 aromatic rings. The zero-order valence-corrected chi connectivity index (χ0v) is 20.6. The average molecular weight is 643 g/mol. The Hall–Kier alpha value is -2.24. The quantitative estimate of drug-likeness (QED) is 0.0976. The number of nitrogens with two attached hydrogens (primary N) is 1. The summed E-state index contributed by atoms with van der Waals surface area (Å²) < 4.78 is 7.54. The van der Waals surface area contributed by atoms with Gasteiger partial charge in [-0.15, -0.1) is 0 Å². The smallest absolute Gasteiger partial charge is 0.344 e. The summed E-state index contributed by atoms with van der Waals surface area (Å²) in [6.45, 7) is 0. The molecule has 1 amide bonds. The SMILES string of the molecule is Nc1c(Br)cc(Br)cc1C(=O)NN=Cc1ccc(OC(=O)c2ccccc2I)cc1. The van der Waals surface area contributed by atoms with E-state index in [0.29, 0.717) is 37.1 Å². The van der Waals surface area contributed by atoms with E-state index in [1.165, 1.54) is 6.21 Å². The summed E-state index contributed by atoms with van der Waals surface area (Å²) >= 11 is 8.71. The van der Waals surface area contributed by atoms with Gasteiger partial charge in [-0.2, -0.15) is 5.10 Å². The number of rotatable bonds is 5. The Labute approximate surface area is 203 Å². The first-order valence-electron chi connectivity index (χ1n) is 8.50. The molecule has 3 aromatic carbocycles. The number of anilines is 1. The molecule has 0 aliphatic rings. The van der Waals surface area contributed by atoms with E-state index in [4.69, 9.17) is 10.5 Å². The minimum absolute atomic E-state index is 0.297. The fraction of sp³-hybridized carbons (Fsp3) is 0. The molecular formula is C21H14Br2IN3O3. The van der Waals surface area contributed by atoms with Crippen molar-refractivity contribution in [2.75, 3.05) is 5.73 Å². The van der Waals surface area contributed by atoms with E-state index < -0.39 is 11.9 Å². The van der Waals surface area contributed by atoms with Crippen LogP contribution in [0.4, 0.5) is 5.69 Å². The molecule has 3 N–H and O–H groups in total. The molecule has 3 rings (SSSR count). The van der Waals surface area contributed by atoms with E-state index in [0.717, 1.165) is 3.57 Å². The Balaban J connectivity index is 1.62. The summed E-state index contributed by atoms with van der Waals surface area (Å²) in [6, 6.07) is 17.3. The first-order chi connectivity index (χ1) is 14.3. The predicted molar refractivity (Wildman–Crippen MR) is 132 cm³/mol. The van der Waals surface area contributed by atoms with Crippen LogP contribution in [0.25, 0.3) is 0 Å². The van der Waals surface area contributed by atoms with Crippen LogP contribution in [0.1, 0.15) is 26.3 Å². The van der Waals surface area contributed by atoms with Crippen molar-refractivity contribution in [3.63, 3.8) is 0 Å². The van der Waals surface area contributed by atoms with Crippen molar-refractivity contribution in [3.05, 3.63) is 89.9 Å². The molecule has 6 nitrogen and oxygen atoms in total. The second-order valence-electron chi connectivity index (χ2n) is 5.99. The van der Waals surface area contributed by atoms with Crippen LogP contribution in [0, 0.1) is 3.57 Å². The molecule has 0 saturated heterocycles. The van der Waals surface area contributed by atoms with Crippen LogP contribution in [-0.4, -0.2) is 18.1 Å². The molecule has 0 aliphatic heterocycles. The average Bonchev–Trinajstić information content (AvgIpc) is 2.72. The lowest BCUT2D eigenvalue weighted by Crippen LogP contribution is -2.19. The van der Waals surface area contributed by atoms with Gasteiger partial charge < -0.3 is 10.5 Å². The van der Waals surface area contributed by atoms with Crippen LogP contribution >= 0.6 is 54.5 Å². The Morgan fingerprint density at radius 1 is 1.03 bits per heavy atom. The number of nitrogen functional groups attached to an aromatic ring is 1. The number of halogens is 3. The molecule has 0 spiro atoms. The van der Waals surface area contributed by atoms with Crippen LogP contribution in [0.2, 0.25) is 0 Å². The summed E-state index contributed by atoms with van der Waals surface area (Å²) in [6.07, 6.45) is 1.48. The first kappa shape index (κ1) is 22.4. The number of nitrogens with one attached hydrogen (secondary N) is 1. The number of carbonyl (C=O) groups is 2. The van der Waals surface area contributed by atoms with Gasteiger partial charge in [0.25, 0.3) is 5.91 Å². The fourth-order valence-corrected chi connectivity index (χ4v) is 4.24. The molecule has 0 atom stereocenters. The van der Waals surface area contributed by atoms with Gasteiger partial charge in [0.15, 0.2) is 0 Å². The van der Waals surface area contributed by atoms with Crippen LogP contribution in [0.3, 0.4) is 0 Å². The maximum atomic E-state index is 12.3. The number of esters is 1. The van der Waals surface area contributed by atoms with Gasteiger partial charge in [0.2, 0.25) is 0 Å². The summed E-state index contributed by atoms with van der Waals surface area (Å²) in [5.41, 5.74) is 10.2. The Morgan fingerprint density at radius 3 is 2.43 bits per heavy atom. The van der Waals surface area contributed by atoms with Crippen molar-refractivity contribution < 1.29 is 14.3 Å². The van der Waals surface area contributed by atoms with Crippen LogP contribution in [0.15, 0.2) is 74.7 Å². The molecule has 30 heavy (non-hydrogen) atoms. The van der Waals surface area contributed by atoms with Gasteiger partial charge in [-0.05, 0) is 92.6 Å². The summed E-state index contributed by atoms with van der Waals surface area (Å²) in [4.78, 5) is 24.6. The molecule has 0 heterocycles. The number of nitrogens with zero attached hydrogens (tertiary/aromatic N) is 1. The normalized spacial score (nSPS) is 10.8. The fourth-order valence-electron chi connectivity index (χ4n) is 2.41. The highest BCUT2D eigenvalue weighted by Crippen LogP contribution is 2.28. The van der Waals surface area contributed by atoms with Crippen molar-refractivity contribution in [2.45, 2.75) is 0 Å². The van der Waals surface area contributed by atoms with E-state index >= 15 is 0 Å². The maximum Gasteiger partial charge on any atom is 0.344 e. The molecular weight excluding hydrogens is 629 g/mol. The molecule has 0 aliphatic carbocycles. The van der Waals surface area contributed by atoms with E-state index in [2.05, 4.69) is 65.0 Å². The zero-order chi connectivity index (χ0) is 21.7. The predicted octanol–water partition coefficient (Wildman–Crippen LogP) is 5.38. The van der Waals surface area contributed by atoms with E-state index in [9.17, 15) is 9.59 Å². The number of hydrazone groups is 1. The largest absolute Gasteiger partial charge is 0.423 e. The number of hydrogen-bond acceptors (Lipinski definition) is 5. The van der Waals surface area contributed by atoms with Crippen molar-refractivity contribution in [1.82, 2.24) is 5.43 Å². The monoisotopic (exact) mass is 641 g/mol. The lowest BCUT2D eigenvalue weighted by atomic mass is 10.2. The number of amides is 1. The van der Waals surface area contributed by atoms with Gasteiger partial charge in [-0.1, -0.05) is 28.1 Å². The number of benzene rings is 3. The lowest BCUT2D eigenvalue weighted by molar-refractivity contribution is 0.0733. The topological polar surface area (TPSA) is 93.8 Å². The third-order valence-electron chi connectivity index (χ3n) is 3.90. The van der Waals surface area contributed by atoms with E-state index in [1.807, 2.05) is 12.1 Å². The third kappa shape index (κ3) is 5.67. The molecule has 0 unspecified atom stereocenters. The molecule has 0 fully saturated rings. The molecule has 0 saturated carbocycles. The van der Waals surface area contributed by atoms with Crippen LogP contribution in [0.5, 0.6) is 5.75 Å². The van der Waals surface area contributed by atoms with Crippen molar-refractivity contribution in [3.8, 4) is 5.75 Å². The molecule has 0 radical (unpaired) electrons. The second-order valence-corrected chi connectivity index (χ2v) is 8.92. The van der Waals surface area contributed by atoms with Crippen molar-refractivity contribution in [2.24, 2.45) is 5.10 Å². The zero-order valence-electron chi connectivity index (χ0n) is 15.2. The number of carbonyl (C=O) groups excluding carboxylic acids is 2. The second kappa shape index (κ2) is 10.2. The first-order valence-corrected chi connectivity index (χ1v) is 11.2. The third-order valence-corrected chi connectivity index (χ3v) is 5.96. The van der Waals surface area contributed by atoms with Crippen LogP contribution < -0.4 is 15.9 Å². The summed E-state index contributed by atoms with van der Waals surface area (Å²) in [5, 5.41) is 3.95. The van der Waals surface area contributed by atoms with Gasteiger partial charge in [-0.25, -0.2) is 10.2 Å². The summed E-state index contributed by atoms with van der Waals surface area (Å²) in [7, 11) is 0. The maximum absolute atomic E-state index is 12.3. The van der Waals surface area contributed by atoms with Gasteiger partial charge in [0.05, 0.1) is 23.0 Å². The molecule has 0 bridgehead atoms. The lowest BCUT2D eigenvalue weighted by Gasteiger charge is -2.07. The summed E-state index contributed by atoms with van der Waals surface area (Å²) in [5.74, 6) is -0.451. The van der Waals surface area contributed by atoms with Gasteiger partial charge in [0.1, 0.15) is 5.75 Å². The van der Waals surface area contributed by atoms with Crippen LogP contribution in [-0.2, 0) is 0 Å². The molecule has 152 valence electrons. The van der Waals surface area contributed by atoms with Gasteiger partial charge in [-0.3, -0.25) is 4.79 Å². The molecule has 9 heteroatoms.